The van der Waals surface area contributed by atoms with E-state index in [1.165, 1.54) is 16.0 Å². The van der Waals surface area contributed by atoms with Crippen LogP contribution < -0.4 is 10.6 Å². The molecule has 0 fully saturated rings. The second-order valence-corrected chi connectivity index (χ2v) is 5.68. The van der Waals surface area contributed by atoms with Crippen molar-refractivity contribution in [3.05, 3.63) is 35.0 Å². The third kappa shape index (κ3) is 2.52. The molecular formula is C14H15N3OS. The summed E-state index contributed by atoms with van der Waals surface area (Å²) in [6.45, 7) is 0.797. The molecule has 2 N–H and O–H groups in total. The summed E-state index contributed by atoms with van der Waals surface area (Å²) < 4.78 is 0. The number of fused-ring (bicyclic) bond motifs is 1. The van der Waals surface area contributed by atoms with Gasteiger partial charge >= 0.3 is 0 Å². The molecule has 98 valence electrons. The van der Waals surface area contributed by atoms with E-state index < -0.39 is 0 Å². The summed E-state index contributed by atoms with van der Waals surface area (Å²) in [7, 11) is 1.92. The Morgan fingerprint density at radius 2 is 2.32 bits per heavy atom. The van der Waals surface area contributed by atoms with Gasteiger partial charge in [0.1, 0.15) is 5.01 Å². The number of anilines is 1. The molecule has 0 bridgehead atoms. The Labute approximate surface area is 115 Å². The smallest absolute Gasteiger partial charge is 0.224 e. The Kier molecular flexibility index (Phi) is 3.31. The number of hydrogen-bond donors (Lipinski definition) is 2. The number of nitrogens with one attached hydrogen (secondary N) is 2. The van der Waals surface area contributed by atoms with Gasteiger partial charge in [-0.1, -0.05) is 6.07 Å². The van der Waals surface area contributed by atoms with Crippen molar-refractivity contribution in [3.8, 4) is 10.4 Å². The first-order chi connectivity index (χ1) is 9.26. The van der Waals surface area contributed by atoms with Gasteiger partial charge in [0.2, 0.25) is 5.91 Å². The highest BCUT2D eigenvalue weighted by atomic mass is 32.1. The van der Waals surface area contributed by atoms with Gasteiger partial charge in [-0.25, -0.2) is 4.98 Å². The van der Waals surface area contributed by atoms with Crippen LogP contribution in [0.15, 0.2) is 24.4 Å². The lowest BCUT2D eigenvalue weighted by Gasteiger charge is -2.17. The number of carbonyl (C=O) groups is 1. The van der Waals surface area contributed by atoms with E-state index in [1.807, 2.05) is 25.4 Å². The summed E-state index contributed by atoms with van der Waals surface area (Å²) in [4.78, 5) is 16.9. The number of aryl methyl sites for hydroxylation is 1. The van der Waals surface area contributed by atoms with E-state index in [0.29, 0.717) is 6.42 Å². The molecule has 3 rings (SSSR count). The zero-order chi connectivity index (χ0) is 13.2. The molecule has 1 aromatic heterocycles. The number of rotatable bonds is 3. The summed E-state index contributed by atoms with van der Waals surface area (Å²) in [5.41, 5.74) is 3.33. The highest BCUT2D eigenvalue weighted by Gasteiger charge is 2.15. The third-order valence-electron chi connectivity index (χ3n) is 3.17. The van der Waals surface area contributed by atoms with Crippen LogP contribution >= 0.6 is 11.3 Å². The topological polar surface area (TPSA) is 54.0 Å². The molecule has 0 aliphatic carbocycles. The van der Waals surface area contributed by atoms with E-state index in [1.54, 1.807) is 11.3 Å². The standard InChI is InChI=1S/C14H15N3OS/c1-15-8-14-16-7-12(19-14)10-2-4-11-9(6-10)3-5-13(18)17-11/h2,4,6-7,15H,3,5,8H2,1H3,(H,17,18). The monoisotopic (exact) mass is 273 g/mol. The van der Waals surface area contributed by atoms with Crippen LogP contribution in [-0.2, 0) is 17.8 Å². The lowest BCUT2D eigenvalue weighted by Crippen LogP contribution is -2.18. The summed E-state index contributed by atoms with van der Waals surface area (Å²) in [5.74, 6) is 0.106. The molecule has 5 heteroatoms. The molecular weight excluding hydrogens is 258 g/mol. The lowest BCUT2D eigenvalue weighted by atomic mass is 10.00. The summed E-state index contributed by atoms with van der Waals surface area (Å²) in [6, 6.07) is 6.19. The second-order valence-electron chi connectivity index (χ2n) is 4.57. The van der Waals surface area contributed by atoms with Crippen molar-refractivity contribution in [2.75, 3.05) is 12.4 Å². The van der Waals surface area contributed by atoms with E-state index in [-0.39, 0.29) is 5.91 Å². The second kappa shape index (κ2) is 5.11. The molecule has 0 saturated heterocycles. The van der Waals surface area contributed by atoms with Gasteiger partial charge in [-0.2, -0.15) is 0 Å². The largest absolute Gasteiger partial charge is 0.326 e. The van der Waals surface area contributed by atoms with Crippen molar-refractivity contribution in [1.82, 2.24) is 10.3 Å². The normalized spacial score (nSPS) is 14.1. The predicted molar refractivity (Wildman–Crippen MR) is 77.3 cm³/mol. The Balaban J connectivity index is 1.90. The summed E-state index contributed by atoms with van der Waals surface area (Å²) >= 11 is 1.70. The number of thiazole rings is 1. The molecule has 1 aliphatic rings. The van der Waals surface area contributed by atoms with E-state index in [4.69, 9.17) is 0 Å². The Morgan fingerprint density at radius 1 is 1.42 bits per heavy atom. The van der Waals surface area contributed by atoms with Gasteiger partial charge in [0, 0.05) is 24.8 Å². The van der Waals surface area contributed by atoms with Crippen molar-refractivity contribution in [3.63, 3.8) is 0 Å². The van der Waals surface area contributed by atoms with Gasteiger partial charge in [-0.05, 0) is 36.7 Å². The van der Waals surface area contributed by atoms with Crippen LogP contribution in [0.4, 0.5) is 5.69 Å². The first-order valence-electron chi connectivity index (χ1n) is 6.29. The van der Waals surface area contributed by atoms with Crippen molar-refractivity contribution >= 4 is 22.9 Å². The fourth-order valence-corrected chi connectivity index (χ4v) is 3.14. The van der Waals surface area contributed by atoms with E-state index in [0.717, 1.165) is 23.7 Å². The molecule has 2 heterocycles. The van der Waals surface area contributed by atoms with Crippen molar-refractivity contribution < 1.29 is 4.79 Å². The van der Waals surface area contributed by atoms with E-state index >= 15 is 0 Å². The SMILES string of the molecule is CNCc1ncc(-c2ccc3c(c2)CCC(=O)N3)s1. The van der Waals surface area contributed by atoms with Crippen LogP contribution in [0.1, 0.15) is 17.0 Å². The van der Waals surface area contributed by atoms with Gasteiger partial charge < -0.3 is 10.6 Å². The van der Waals surface area contributed by atoms with Crippen LogP contribution in [0, 0.1) is 0 Å². The average Bonchev–Trinajstić information content (AvgIpc) is 2.87. The van der Waals surface area contributed by atoms with Crippen molar-refractivity contribution in [2.45, 2.75) is 19.4 Å². The first-order valence-corrected chi connectivity index (χ1v) is 7.10. The van der Waals surface area contributed by atoms with Gasteiger partial charge in [-0.15, -0.1) is 11.3 Å². The van der Waals surface area contributed by atoms with Crippen molar-refractivity contribution in [1.29, 1.82) is 0 Å². The predicted octanol–water partition coefficient (Wildman–Crippen LogP) is 2.41. The van der Waals surface area contributed by atoms with Gasteiger partial charge in [0.25, 0.3) is 0 Å². The number of amides is 1. The molecule has 0 spiro atoms. The molecule has 0 atom stereocenters. The maximum Gasteiger partial charge on any atom is 0.224 e. The van der Waals surface area contributed by atoms with Crippen LogP contribution in [0.2, 0.25) is 0 Å². The third-order valence-corrected chi connectivity index (χ3v) is 4.21. The average molecular weight is 273 g/mol. The number of aromatic nitrogens is 1. The Morgan fingerprint density at radius 3 is 3.16 bits per heavy atom. The Hall–Kier alpha value is -1.72. The van der Waals surface area contributed by atoms with Gasteiger partial charge in [-0.3, -0.25) is 4.79 Å². The highest BCUT2D eigenvalue weighted by molar-refractivity contribution is 7.15. The highest BCUT2D eigenvalue weighted by Crippen LogP contribution is 2.31. The Bertz CT molecular complexity index is 621. The fourth-order valence-electron chi connectivity index (χ4n) is 2.21. The quantitative estimate of drug-likeness (QED) is 0.903. The number of hydrogen-bond acceptors (Lipinski definition) is 4. The maximum absolute atomic E-state index is 11.3. The molecule has 4 nitrogen and oxygen atoms in total. The molecule has 0 saturated carbocycles. The van der Waals surface area contributed by atoms with Gasteiger partial charge in [0.05, 0.1) is 4.88 Å². The van der Waals surface area contributed by atoms with Crippen LogP contribution in [0.5, 0.6) is 0 Å². The minimum Gasteiger partial charge on any atom is -0.326 e. The number of nitrogens with zero attached hydrogens (tertiary/aromatic N) is 1. The first kappa shape index (κ1) is 12.3. The molecule has 0 unspecified atom stereocenters. The molecule has 2 aromatic rings. The maximum atomic E-state index is 11.3. The fraction of sp³-hybridized carbons (Fsp3) is 0.286. The van der Waals surface area contributed by atoms with Crippen molar-refractivity contribution in [2.24, 2.45) is 0 Å². The number of benzene rings is 1. The lowest BCUT2D eigenvalue weighted by molar-refractivity contribution is -0.116. The number of carbonyl (C=O) groups excluding carboxylic acids is 1. The van der Waals surface area contributed by atoms with E-state index in [9.17, 15) is 4.79 Å². The molecule has 1 aromatic carbocycles. The molecule has 0 radical (unpaired) electrons. The van der Waals surface area contributed by atoms with Crippen LogP contribution in [-0.4, -0.2) is 17.9 Å². The minimum atomic E-state index is 0.106. The molecule has 1 amide bonds. The zero-order valence-electron chi connectivity index (χ0n) is 10.7. The zero-order valence-corrected chi connectivity index (χ0v) is 11.5. The minimum absolute atomic E-state index is 0.106. The van der Waals surface area contributed by atoms with Crippen LogP contribution in [0.25, 0.3) is 10.4 Å². The summed E-state index contributed by atoms with van der Waals surface area (Å²) in [6.07, 6.45) is 3.31. The molecule has 1 aliphatic heterocycles. The summed E-state index contributed by atoms with van der Waals surface area (Å²) in [5, 5.41) is 7.09. The molecule has 19 heavy (non-hydrogen) atoms. The van der Waals surface area contributed by atoms with Gasteiger partial charge in [0.15, 0.2) is 0 Å². The van der Waals surface area contributed by atoms with E-state index in [2.05, 4.69) is 21.7 Å². The van der Waals surface area contributed by atoms with Crippen LogP contribution in [0.3, 0.4) is 0 Å².